The topological polar surface area (TPSA) is 99.7 Å². The third-order valence-corrected chi connectivity index (χ3v) is 6.41. The van der Waals surface area contributed by atoms with Crippen LogP contribution in [0.1, 0.15) is 38.5 Å². The van der Waals surface area contributed by atoms with Crippen LogP contribution in [0, 0.1) is 0 Å². The summed E-state index contributed by atoms with van der Waals surface area (Å²) in [5.74, 6) is 0.666. The van der Waals surface area contributed by atoms with Gasteiger partial charge in [-0.2, -0.15) is 5.10 Å². The molecule has 2 amide bonds. The number of fused-ring (bicyclic) bond motifs is 1. The first-order chi connectivity index (χ1) is 18.0. The molecule has 0 spiro atoms. The fourth-order valence-electron chi connectivity index (χ4n) is 4.58. The van der Waals surface area contributed by atoms with E-state index < -0.39 is 5.91 Å². The Morgan fingerprint density at radius 3 is 2.49 bits per heavy atom. The number of methoxy groups -OCH3 is 1. The van der Waals surface area contributed by atoms with E-state index in [4.69, 9.17) is 15.2 Å². The number of benzene rings is 3. The maximum absolute atomic E-state index is 13.8. The normalized spacial score (nSPS) is 12.8. The molecule has 0 unspecified atom stereocenters. The summed E-state index contributed by atoms with van der Waals surface area (Å²) in [4.78, 5) is 27.6. The standard InChI is InChI=1S/C29H28N4O4/c1-36-23-14-12-21(13-15-23)33-27-25(26(31-33)28(30)34)16-17-32(29(27)35)22-9-5-7-20(19-22)8-6-18-37-24-10-3-2-4-11-24/h2-5,7,9-15,19H,6,8,16-18H2,1H3,(H2,30,34). The highest BCUT2D eigenvalue weighted by Gasteiger charge is 2.34. The summed E-state index contributed by atoms with van der Waals surface area (Å²) in [7, 11) is 1.59. The molecule has 4 aromatic rings. The first-order valence-corrected chi connectivity index (χ1v) is 12.2. The van der Waals surface area contributed by atoms with Gasteiger partial charge in [0, 0.05) is 17.8 Å². The van der Waals surface area contributed by atoms with Crippen molar-refractivity contribution in [2.75, 3.05) is 25.2 Å². The molecule has 37 heavy (non-hydrogen) atoms. The number of carbonyl (C=O) groups is 2. The molecule has 1 aliphatic rings. The van der Waals surface area contributed by atoms with Crippen LogP contribution in [0.25, 0.3) is 5.69 Å². The molecule has 0 radical (unpaired) electrons. The molecule has 0 atom stereocenters. The van der Waals surface area contributed by atoms with Gasteiger partial charge in [-0.1, -0.05) is 30.3 Å². The molecule has 8 heteroatoms. The summed E-state index contributed by atoms with van der Waals surface area (Å²) in [5, 5.41) is 4.43. The molecule has 3 aromatic carbocycles. The molecule has 0 saturated carbocycles. The molecule has 0 bridgehead atoms. The lowest BCUT2D eigenvalue weighted by Crippen LogP contribution is -2.39. The number of rotatable bonds is 9. The molecule has 0 saturated heterocycles. The Labute approximate surface area is 215 Å². The number of aryl methyl sites for hydroxylation is 1. The highest BCUT2D eigenvalue weighted by atomic mass is 16.5. The van der Waals surface area contributed by atoms with Crippen molar-refractivity contribution < 1.29 is 19.1 Å². The molecule has 5 rings (SSSR count). The lowest BCUT2D eigenvalue weighted by atomic mass is 10.0. The van der Waals surface area contributed by atoms with Crippen molar-refractivity contribution in [1.82, 2.24) is 9.78 Å². The molecule has 1 aliphatic heterocycles. The number of carbonyl (C=O) groups excluding carboxylic acids is 2. The summed E-state index contributed by atoms with van der Waals surface area (Å²) >= 11 is 0. The van der Waals surface area contributed by atoms with Crippen LogP contribution in [-0.4, -0.2) is 41.9 Å². The second-order valence-corrected chi connectivity index (χ2v) is 8.79. The summed E-state index contributed by atoms with van der Waals surface area (Å²) in [6.45, 7) is 1.04. The fraction of sp³-hybridized carbons (Fsp3) is 0.207. The molecular weight excluding hydrogens is 468 g/mol. The third kappa shape index (κ3) is 5.04. The number of para-hydroxylation sites is 1. The fourth-order valence-corrected chi connectivity index (χ4v) is 4.58. The molecule has 0 aliphatic carbocycles. The average molecular weight is 497 g/mol. The largest absolute Gasteiger partial charge is 0.497 e. The molecule has 0 fully saturated rings. The minimum atomic E-state index is -0.649. The van der Waals surface area contributed by atoms with E-state index in [2.05, 4.69) is 11.2 Å². The molecule has 2 heterocycles. The molecule has 1 aromatic heterocycles. The Bertz CT molecular complexity index is 1410. The van der Waals surface area contributed by atoms with Gasteiger partial charge < -0.3 is 20.1 Å². The Kier molecular flexibility index (Phi) is 6.89. The molecule has 2 N–H and O–H groups in total. The second-order valence-electron chi connectivity index (χ2n) is 8.79. The maximum atomic E-state index is 13.8. The van der Waals surface area contributed by atoms with Crippen molar-refractivity contribution in [1.29, 1.82) is 0 Å². The SMILES string of the molecule is COc1ccc(-n2nc(C(N)=O)c3c2C(=O)N(c2cccc(CCCOc4ccccc4)c2)CC3)cc1. The summed E-state index contributed by atoms with van der Waals surface area (Å²) in [5.41, 5.74) is 9.25. The van der Waals surface area contributed by atoms with E-state index in [1.165, 1.54) is 4.68 Å². The highest BCUT2D eigenvalue weighted by Crippen LogP contribution is 2.30. The Morgan fingerprint density at radius 2 is 1.76 bits per heavy atom. The van der Waals surface area contributed by atoms with Gasteiger partial charge in [0.2, 0.25) is 0 Å². The van der Waals surface area contributed by atoms with Gasteiger partial charge in [-0.05, 0) is 73.4 Å². The van der Waals surface area contributed by atoms with Crippen molar-refractivity contribution in [3.8, 4) is 17.2 Å². The van der Waals surface area contributed by atoms with E-state index in [0.717, 1.165) is 29.8 Å². The zero-order chi connectivity index (χ0) is 25.8. The molecular formula is C29H28N4O4. The number of nitrogens with zero attached hydrogens (tertiary/aromatic N) is 3. The lowest BCUT2D eigenvalue weighted by Gasteiger charge is -2.28. The number of hydrogen-bond donors (Lipinski definition) is 1. The van der Waals surface area contributed by atoms with Crippen LogP contribution in [-0.2, 0) is 12.8 Å². The quantitative estimate of drug-likeness (QED) is 0.350. The van der Waals surface area contributed by atoms with Gasteiger partial charge in [-0.25, -0.2) is 4.68 Å². The van der Waals surface area contributed by atoms with Crippen LogP contribution in [0.5, 0.6) is 11.5 Å². The van der Waals surface area contributed by atoms with E-state index in [0.29, 0.717) is 42.3 Å². The number of nitrogens with two attached hydrogens (primary N) is 1. The van der Waals surface area contributed by atoms with E-state index in [1.54, 1.807) is 36.3 Å². The van der Waals surface area contributed by atoms with Gasteiger partial charge in [-0.15, -0.1) is 0 Å². The van der Waals surface area contributed by atoms with Crippen molar-refractivity contribution in [2.45, 2.75) is 19.3 Å². The van der Waals surface area contributed by atoms with Gasteiger partial charge in [-0.3, -0.25) is 9.59 Å². The van der Waals surface area contributed by atoms with Crippen LogP contribution < -0.4 is 20.1 Å². The van der Waals surface area contributed by atoms with Crippen LogP contribution in [0.4, 0.5) is 5.69 Å². The number of primary amides is 1. The number of anilines is 1. The van der Waals surface area contributed by atoms with Crippen molar-refractivity contribution in [2.24, 2.45) is 5.73 Å². The van der Waals surface area contributed by atoms with E-state index in [9.17, 15) is 9.59 Å². The summed E-state index contributed by atoms with van der Waals surface area (Å²) in [6, 6.07) is 24.9. The van der Waals surface area contributed by atoms with Crippen LogP contribution in [0.15, 0.2) is 78.9 Å². The van der Waals surface area contributed by atoms with Gasteiger partial charge in [0.25, 0.3) is 11.8 Å². The summed E-state index contributed by atoms with van der Waals surface area (Å²) < 4.78 is 12.5. The zero-order valence-corrected chi connectivity index (χ0v) is 20.6. The second kappa shape index (κ2) is 10.6. The predicted octanol–water partition coefficient (Wildman–Crippen LogP) is 4.19. The van der Waals surface area contributed by atoms with E-state index in [1.807, 2.05) is 48.5 Å². The number of amides is 2. The number of aromatic nitrogens is 2. The van der Waals surface area contributed by atoms with E-state index >= 15 is 0 Å². The minimum Gasteiger partial charge on any atom is -0.497 e. The van der Waals surface area contributed by atoms with Gasteiger partial charge in [0.05, 0.1) is 19.4 Å². The Morgan fingerprint density at radius 1 is 0.973 bits per heavy atom. The summed E-state index contributed by atoms with van der Waals surface area (Å²) in [6.07, 6.45) is 2.15. The molecule has 188 valence electrons. The van der Waals surface area contributed by atoms with Crippen LogP contribution in [0.3, 0.4) is 0 Å². The van der Waals surface area contributed by atoms with Crippen molar-refractivity contribution in [3.05, 3.63) is 101 Å². The Hall–Kier alpha value is -4.59. The predicted molar refractivity (Wildman–Crippen MR) is 141 cm³/mol. The Balaban J connectivity index is 1.36. The van der Waals surface area contributed by atoms with E-state index in [-0.39, 0.29) is 11.6 Å². The zero-order valence-electron chi connectivity index (χ0n) is 20.6. The van der Waals surface area contributed by atoms with Crippen LogP contribution in [0.2, 0.25) is 0 Å². The number of hydrogen-bond acceptors (Lipinski definition) is 5. The highest BCUT2D eigenvalue weighted by molar-refractivity contribution is 6.09. The molecule has 8 nitrogen and oxygen atoms in total. The monoisotopic (exact) mass is 496 g/mol. The van der Waals surface area contributed by atoms with Crippen molar-refractivity contribution in [3.63, 3.8) is 0 Å². The smallest absolute Gasteiger partial charge is 0.277 e. The van der Waals surface area contributed by atoms with Gasteiger partial charge >= 0.3 is 0 Å². The van der Waals surface area contributed by atoms with Crippen molar-refractivity contribution >= 4 is 17.5 Å². The minimum absolute atomic E-state index is 0.131. The third-order valence-electron chi connectivity index (χ3n) is 6.41. The maximum Gasteiger partial charge on any atom is 0.277 e. The average Bonchev–Trinajstić information content (AvgIpc) is 3.33. The van der Waals surface area contributed by atoms with Crippen LogP contribution >= 0.6 is 0 Å². The first-order valence-electron chi connectivity index (χ1n) is 12.2. The lowest BCUT2D eigenvalue weighted by molar-refractivity contribution is 0.0972. The van der Waals surface area contributed by atoms with Gasteiger partial charge in [0.1, 0.15) is 17.2 Å². The van der Waals surface area contributed by atoms with Gasteiger partial charge in [0.15, 0.2) is 5.69 Å². The first kappa shape index (κ1) is 24.1. The number of ether oxygens (including phenoxy) is 2.